The lowest BCUT2D eigenvalue weighted by molar-refractivity contribution is -0.255. The van der Waals surface area contributed by atoms with Gasteiger partial charge in [0, 0.05) is 22.1 Å². The summed E-state index contributed by atoms with van der Waals surface area (Å²) >= 11 is 0. The summed E-state index contributed by atoms with van der Waals surface area (Å²) in [6.07, 6.45) is 1.32. The number of halogens is 3. The van der Waals surface area contributed by atoms with Crippen LogP contribution in [0.2, 0.25) is 0 Å². The number of alkyl halides is 3. The molecule has 0 aromatic heterocycles. The predicted molar refractivity (Wildman–Crippen MR) is 100 cm³/mol. The van der Waals surface area contributed by atoms with E-state index in [4.69, 9.17) is 0 Å². The van der Waals surface area contributed by atoms with Gasteiger partial charge < -0.3 is 14.1 Å². The molecular weight excluding hydrogens is 421 g/mol. The number of allylic oxidation sites excluding steroid dienone is 1. The molecule has 0 atom stereocenters. The van der Waals surface area contributed by atoms with E-state index in [-0.39, 0.29) is 11.1 Å². The Morgan fingerprint density at radius 3 is 2.17 bits per heavy atom. The topological polar surface area (TPSA) is 83.5 Å². The van der Waals surface area contributed by atoms with Gasteiger partial charge in [-0.2, -0.15) is 21.6 Å². The Labute approximate surface area is 170 Å². The molecule has 30 heavy (non-hydrogen) atoms. The van der Waals surface area contributed by atoms with Gasteiger partial charge in [0.15, 0.2) is 0 Å². The van der Waals surface area contributed by atoms with Crippen LogP contribution in [0.5, 0.6) is 0 Å². The summed E-state index contributed by atoms with van der Waals surface area (Å²) < 4.78 is 65.4. The minimum atomic E-state index is -5.81. The van der Waals surface area contributed by atoms with Gasteiger partial charge in [-0.15, -0.1) is 0 Å². The molecule has 0 saturated carbocycles. The van der Waals surface area contributed by atoms with Crippen molar-refractivity contribution >= 4 is 21.8 Å². The first-order chi connectivity index (χ1) is 13.8. The molecule has 1 aliphatic carbocycles. The highest BCUT2D eigenvalue weighted by atomic mass is 32.2. The van der Waals surface area contributed by atoms with E-state index >= 15 is 0 Å². The Morgan fingerprint density at radius 1 is 1.03 bits per heavy atom. The average Bonchev–Trinajstić information content (AvgIpc) is 2.88. The standard InChI is InChI=1S/C21H15F3O5S/c1-20(2)12-18(29-30(27,28)21(22,23)24)16-11-14(7-10-17(16)20)4-3-13-5-8-15(9-6-13)19(25)26/h5-12H,1-2H3,(H,25,26)/p-1. The summed E-state index contributed by atoms with van der Waals surface area (Å²) in [5.41, 5.74) is -4.57. The monoisotopic (exact) mass is 435 g/mol. The van der Waals surface area contributed by atoms with Crippen molar-refractivity contribution in [1.82, 2.24) is 0 Å². The first-order valence-electron chi connectivity index (χ1n) is 8.52. The summed E-state index contributed by atoms with van der Waals surface area (Å²) in [5.74, 6) is 3.89. The maximum absolute atomic E-state index is 12.7. The Hall–Kier alpha value is -3.25. The smallest absolute Gasteiger partial charge is 0.534 e. The van der Waals surface area contributed by atoms with Crippen molar-refractivity contribution in [3.8, 4) is 11.8 Å². The molecule has 5 nitrogen and oxygen atoms in total. The van der Waals surface area contributed by atoms with E-state index in [2.05, 4.69) is 16.0 Å². The first-order valence-corrected chi connectivity index (χ1v) is 9.93. The number of rotatable bonds is 3. The summed E-state index contributed by atoms with van der Waals surface area (Å²) in [5, 5.41) is 10.8. The molecule has 0 N–H and O–H groups in total. The molecule has 0 amide bonds. The quantitative estimate of drug-likeness (QED) is 0.421. The van der Waals surface area contributed by atoms with E-state index < -0.39 is 32.8 Å². The Kier molecular flexibility index (Phi) is 5.16. The van der Waals surface area contributed by atoms with Crippen molar-refractivity contribution in [2.45, 2.75) is 24.8 Å². The van der Waals surface area contributed by atoms with E-state index in [0.29, 0.717) is 16.7 Å². The van der Waals surface area contributed by atoms with Gasteiger partial charge in [0.05, 0.1) is 5.97 Å². The molecule has 9 heteroatoms. The third-order valence-corrected chi connectivity index (χ3v) is 5.39. The van der Waals surface area contributed by atoms with Crippen LogP contribution in [0.1, 0.15) is 46.5 Å². The number of aromatic carboxylic acids is 1. The van der Waals surface area contributed by atoms with Crippen LogP contribution in [-0.4, -0.2) is 19.9 Å². The second-order valence-corrected chi connectivity index (χ2v) is 8.63. The van der Waals surface area contributed by atoms with Crippen molar-refractivity contribution in [3.63, 3.8) is 0 Å². The van der Waals surface area contributed by atoms with Gasteiger partial charge in [-0.25, -0.2) is 0 Å². The van der Waals surface area contributed by atoms with Gasteiger partial charge in [0.25, 0.3) is 0 Å². The van der Waals surface area contributed by atoms with Crippen LogP contribution in [0.4, 0.5) is 13.2 Å². The zero-order valence-electron chi connectivity index (χ0n) is 15.7. The third-order valence-electron chi connectivity index (χ3n) is 4.43. The van der Waals surface area contributed by atoms with Gasteiger partial charge in [0.2, 0.25) is 0 Å². The molecule has 1 aliphatic rings. The van der Waals surface area contributed by atoms with Crippen molar-refractivity contribution < 1.29 is 35.7 Å². The molecule has 2 aromatic rings. The Balaban J connectivity index is 1.95. The van der Waals surface area contributed by atoms with Gasteiger partial charge in [-0.1, -0.05) is 43.9 Å². The zero-order chi connectivity index (χ0) is 22.3. The maximum atomic E-state index is 12.7. The number of benzene rings is 2. The van der Waals surface area contributed by atoms with Crippen molar-refractivity contribution in [1.29, 1.82) is 0 Å². The van der Waals surface area contributed by atoms with E-state index in [1.807, 2.05) is 0 Å². The fraction of sp³-hybridized carbons (Fsp3) is 0.190. The van der Waals surface area contributed by atoms with Crippen LogP contribution in [0.15, 0.2) is 48.5 Å². The third kappa shape index (κ3) is 4.19. The molecule has 0 spiro atoms. The van der Waals surface area contributed by atoms with Gasteiger partial charge in [-0.3, -0.25) is 0 Å². The molecule has 0 bridgehead atoms. The molecule has 0 saturated heterocycles. The largest absolute Gasteiger partial charge is 0.545 e. The Bertz CT molecular complexity index is 1210. The van der Waals surface area contributed by atoms with Crippen LogP contribution < -0.4 is 5.11 Å². The van der Waals surface area contributed by atoms with Crippen LogP contribution in [0.3, 0.4) is 0 Å². The van der Waals surface area contributed by atoms with E-state index in [1.54, 1.807) is 26.0 Å². The van der Waals surface area contributed by atoms with Crippen LogP contribution in [0, 0.1) is 11.8 Å². The number of carboxylic acid groups (broad SMARTS) is 1. The molecule has 3 rings (SSSR count). The molecule has 0 radical (unpaired) electrons. The minimum Gasteiger partial charge on any atom is -0.545 e. The second-order valence-electron chi connectivity index (χ2n) is 7.09. The average molecular weight is 435 g/mol. The molecule has 0 heterocycles. The van der Waals surface area contributed by atoms with Crippen molar-refractivity contribution in [3.05, 3.63) is 76.4 Å². The van der Waals surface area contributed by atoms with Gasteiger partial charge >= 0.3 is 15.6 Å². The number of carbonyl (C=O) groups excluding carboxylic acids is 1. The highest BCUT2D eigenvalue weighted by molar-refractivity contribution is 7.87. The summed E-state index contributed by atoms with van der Waals surface area (Å²) in [7, 11) is -5.81. The molecule has 156 valence electrons. The fourth-order valence-electron chi connectivity index (χ4n) is 2.94. The highest BCUT2D eigenvalue weighted by Gasteiger charge is 2.50. The van der Waals surface area contributed by atoms with Crippen molar-refractivity contribution in [2.24, 2.45) is 0 Å². The van der Waals surface area contributed by atoms with Gasteiger partial charge in [0.1, 0.15) is 5.76 Å². The van der Waals surface area contributed by atoms with Crippen LogP contribution >= 0.6 is 0 Å². The minimum absolute atomic E-state index is 0.00175. The molecule has 0 unspecified atom stereocenters. The number of hydrogen-bond donors (Lipinski definition) is 0. The van der Waals surface area contributed by atoms with Crippen LogP contribution in [0.25, 0.3) is 5.76 Å². The maximum Gasteiger partial charge on any atom is 0.534 e. The lowest BCUT2D eigenvalue weighted by Gasteiger charge is -2.16. The zero-order valence-corrected chi connectivity index (χ0v) is 16.5. The summed E-state index contributed by atoms with van der Waals surface area (Å²) in [6.45, 7) is 3.43. The first kappa shape index (κ1) is 21.5. The number of carbonyl (C=O) groups is 1. The summed E-state index contributed by atoms with van der Waals surface area (Å²) in [4.78, 5) is 10.8. The lowest BCUT2D eigenvalue weighted by Crippen LogP contribution is -2.24. The molecule has 2 aromatic carbocycles. The SMILES string of the molecule is CC1(C)C=C(OS(=O)(=O)C(F)(F)F)c2cc(C#Cc3ccc(C(=O)[O-])cc3)ccc21. The van der Waals surface area contributed by atoms with E-state index in [1.165, 1.54) is 36.4 Å². The van der Waals surface area contributed by atoms with Crippen LogP contribution in [-0.2, 0) is 19.7 Å². The molecule has 0 aliphatic heterocycles. The number of hydrogen-bond acceptors (Lipinski definition) is 5. The number of carboxylic acids is 1. The highest BCUT2D eigenvalue weighted by Crippen LogP contribution is 2.43. The second kappa shape index (κ2) is 7.22. The normalized spacial score (nSPS) is 14.9. The fourth-order valence-corrected chi connectivity index (χ4v) is 3.41. The lowest BCUT2D eigenvalue weighted by atomic mass is 9.87. The molecular formula is C21H14F3O5S-. The number of fused-ring (bicyclic) bond motifs is 1. The summed E-state index contributed by atoms with van der Waals surface area (Å²) in [6, 6.07) is 10.4. The van der Waals surface area contributed by atoms with E-state index in [9.17, 15) is 31.5 Å². The van der Waals surface area contributed by atoms with Gasteiger partial charge in [-0.05, 0) is 41.5 Å². The molecule has 0 fully saturated rings. The Morgan fingerprint density at radius 2 is 1.60 bits per heavy atom. The predicted octanol–water partition coefficient (Wildman–Crippen LogP) is 2.95. The van der Waals surface area contributed by atoms with Crippen molar-refractivity contribution in [2.75, 3.05) is 0 Å². The van der Waals surface area contributed by atoms with E-state index in [0.717, 1.165) is 0 Å².